The summed E-state index contributed by atoms with van der Waals surface area (Å²) in [7, 11) is -3.79. The van der Waals surface area contributed by atoms with Gasteiger partial charge in [0.25, 0.3) is 5.91 Å². The molecule has 1 amide bonds. The molecule has 2 aliphatic rings. The molecule has 2 aromatic rings. The Kier molecular flexibility index (Phi) is 7.59. The molecule has 1 saturated carbocycles. The van der Waals surface area contributed by atoms with Crippen LogP contribution in [0.1, 0.15) is 53.1 Å². The third-order valence-corrected chi connectivity index (χ3v) is 7.28. The van der Waals surface area contributed by atoms with E-state index in [4.69, 9.17) is 4.74 Å². The molecule has 184 valence electrons. The van der Waals surface area contributed by atoms with E-state index in [1.165, 1.54) is 18.2 Å². The van der Waals surface area contributed by atoms with E-state index in [0.29, 0.717) is 24.5 Å². The Morgan fingerprint density at radius 1 is 1.12 bits per heavy atom. The lowest BCUT2D eigenvalue weighted by atomic mass is 9.97. The Balaban J connectivity index is 1.35. The lowest BCUT2D eigenvalue weighted by Crippen LogP contribution is -2.35. The molecule has 6 nitrogen and oxygen atoms in total. The van der Waals surface area contributed by atoms with Crippen molar-refractivity contribution in [1.29, 1.82) is 0 Å². The van der Waals surface area contributed by atoms with Gasteiger partial charge in [-0.25, -0.2) is 21.9 Å². The fraction of sp³-hybridized carbons (Fsp3) is 0.458. The second-order valence-corrected chi connectivity index (χ2v) is 11.8. The van der Waals surface area contributed by atoms with Crippen molar-refractivity contribution in [3.05, 3.63) is 63.1 Å². The number of hydrogen-bond donors (Lipinski definition) is 1. The lowest BCUT2D eigenvalue weighted by molar-refractivity contribution is 0.0977. The summed E-state index contributed by atoms with van der Waals surface area (Å²) in [6.45, 7) is 2.62. The second kappa shape index (κ2) is 10.3. The van der Waals surface area contributed by atoms with Crippen LogP contribution in [0.4, 0.5) is 8.78 Å². The van der Waals surface area contributed by atoms with Crippen molar-refractivity contribution in [3.8, 4) is 5.75 Å². The molecule has 1 saturated heterocycles. The normalized spacial score (nSPS) is 17.5. The first-order chi connectivity index (χ1) is 16.1. The van der Waals surface area contributed by atoms with Crippen molar-refractivity contribution in [2.45, 2.75) is 38.1 Å². The molecular formula is C24H27BrF2N2O4S. The predicted octanol–water partition coefficient (Wildman–Crippen LogP) is 4.59. The molecule has 10 heteroatoms. The van der Waals surface area contributed by atoms with Crippen molar-refractivity contribution in [1.82, 2.24) is 9.62 Å². The van der Waals surface area contributed by atoms with Crippen LogP contribution >= 0.6 is 15.9 Å². The Hall–Kier alpha value is -2.04. The van der Waals surface area contributed by atoms with Crippen LogP contribution in [0.25, 0.3) is 0 Å². The summed E-state index contributed by atoms with van der Waals surface area (Å²) in [5.41, 5.74) is 1.11. The highest BCUT2D eigenvalue weighted by Gasteiger charge is 2.30. The number of sulfonamides is 1. The molecule has 0 atom stereocenters. The number of carbonyl (C=O) groups is 1. The van der Waals surface area contributed by atoms with Gasteiger partial charge in [0.2, 0.25) is 10.0 Å². The summed E-state index contributed by atoms with van der Waals surface area (Å²) in [4.78, 5) is 14.4. The highest BCUT2D eigenvalue weighted by Crippen LogP contribution is 2.45. The van der Waals surface area contributed by atoms with Crippen molar-refractivity contribution >= 4 is 31.9 Å². The van der Waals surface area contributed by atoms with Crippen LogP contribution in [0.3, 0.4) is 0 Å². The highest BCUT2D eigenvalue weighted by molar-refractivity contribution is 9.10. The van der Waals surface area contributed by atoms with Gasteiger partial charge in [-0.1, -0.05) is 22.0 Å². The highest BCUT2D eigenvalue weighted by atomic mass is 79.9. The number of ether oxygens (including phenoxy) is 1. The zero-order valence-electron chi connectivity index (χ0n) is 18.8. The average molecular weight is 557 g/mol. The Labute approximate surface area is 206 Å². The minimum absolute atomic E-state index is 0.183. The van der Waals surface area contributed by atoms with Crippen LogP contribution in [-0.4, -0.2) is 45.2 Å². The smallest absolute Gasteiger partial charge is 0.267 e. The van der Waals surface area contributed by atoms with E-state index in [1.54, 1.807) is 6.07 Å². The first kappa shape index (κ1) is 25.1. The summed E-state index contributed by atoms with van der Waals surface area (Å²) >= 11 is 3.28. The predicted molar refractivity (Wildman–Crippen MR) is 128 cm³/mol. The fourth-order valence-electron chi connectivity index (χ4n) is 4.22. The van der Waals surface area contributed by atoms with E-state index in [1.807, 2.05) is 10.8 Å². The number of rotatable bonds is 8. The molecule has 2 aromatic carbocycles. The molecule has 2 fully saturated rings. The van der Waals surface area contributed by atoms with Crippen LogP contribution in [0.5, 0.6) is 5.75 Å². The van der Waals surface area contributed by atoms with Crippen LogP contribution in [0, 0.1) is 17.6 Å². The van der Waals surface area contributed by atoms with Gasteiger partial charge < -0.3 is 4.74 Å². The number of likely N-dealkylation sites (tertiary alicyclic amines) is 1. The van der Waals surface area contributed by atoms with Crippen LogP contribution in [0.15, 0.2) is 34.8 Å². The summed E-state index contributed by atoms with van der Waals surface area (Å²) in [5.74, 6) is -1.13. The fourth-order valence-corrected chi connectivity index (χ4v) is 5.00. The zero-order valence-corrected chi connectivity index (χ0v) is 21.2. The van der Waals surface area contributed by atoms with Gasteiger partial charge in [-0.3, -0.25) is 9.69 Å². The largest absolute Gasteiger partial charge is 0.493 e. The first-order valence-electron chi connectivity index (χ1n) is 11.2. The van der Waals surface area contributed by atoms with Gasteiger partial charge in [0.15, 0.2) is 0 Å². The van der Waals surface area contributed by atoms with Gasteiger partial charge in [0, 0.05) is 22.6 Å². The average Bonchev–Trinajstić information content (AvgIpc) is 3.59. The molecule has 1 N–H and O–H groups in total. The molecule has 0 aromatic heterocycles. The Bertz CT molecular complexity index is 1180. The summed E-state index contributed by atoms with van der Waals surface area (Å²) in [6, 6.07) is 7.71. The number of benzene rings is 2. The Morgan fingerprint density at radius 3 is 2.44 bits per heavy atom. The van der Waals surface area contributed by atoms with E-state index >= 15 is 0 Å². The van der Waals surface area contributed by atoms with Crippen molar-refractivity contribution in [2.24, 2.45) is 5.92 Å². The van der Waals surface area contributed by atoms with Crippen LogP contribution in [-0.2, 0) is 16.6 Å². The van der Waals surface area contributed by atoms with E-state index in [-0.39, 0.29) is 23.2 Å². The van der Waals surface area contributed by atoms with Crippen molar-refractivity contribution in [2.75, 3.05) is 26.0 Å². The minimum atomic E-state index is -3.79. The second-order valence-electron chi connectivity index (χ2n) is 9.11. The molecule has 1 aliphatic heterocycles. The molecule has 0 unspecified atom stereocenters. The van der Waals surface area contributed by atoms with E-state index < -0.39 is 21.7 Å². The maximum Gasteiger partial charge on any atom is 0.267 e. The molecule has 1 aliphatic carbocycles. The quantitative estimate of drug-likeness (QED) is 0.514. The van der Waals surface area contributed by atoms with Crippen LogP contribution < -0.4 is 9.46 Å². The topological polar surface area (TPSA) is 75.7 Å². The summed E-state index contributed by atoms with van der Waals surface area (Å²) in [5, 5.41) is 0. The minimum Gasteiger partial charge on any atom is -0.493 e. The molecule has 0 radical (unpaired) electrons. The molecular weight excluding hydrogens is 530 g/mol. The number of carbonyl (C=O) groups excluding carboxylic acids is 1. The maximum atomic E-state index is 14.6. The maximum absolute atomic E-state index is 14.6. The number of hydrogen-bond acceptors (Lipinski definition) is 5. The number of piperidine rings is 1. The van der Waals surface area contributed by atoms with Crippen molar-refractivity contribution in [3.63, 3.8) is 0 Å². The number of nitrogens with one attached hydrogen (secondary N) is 1. The molecule has 4 rings (SSSR count). The van der Waals surface area contributed by atoms with Gasteiger partial charge in [-0.2, -0.15) is 0 Å². The summed E-state index contributed by atoms with van der Waals surface area (Å²) < 4.78 is 60.0. The van der Waals surface area contributed by atoms with Gasteiger partial charge >= 0.3 is 0 Å². The van der Waals surface area contributed by atoms with Gasteiger partial charge in [-0.15, -0.1) is 0 Å². The number of halogens is 3. The molecule has 34 heavy (non-hydrogen) atoms. The molecule has 0 bridgehead atoms. The zero-order chi connectivity index (χ0) is 24.5. The standard InChI is InChI=1S/C24H27BrF2N2O4S/c1-34(31,32)28-24(30)20-11-19(16-2-3-16)23(12-22(20)27)33-14-15-6-8-29(9-7-15)13-17-4-5-18(25)10-21(17)26/h4-5,10-12,15-16H,2-3,6-9,13-14H2,1H3,(H,28,30). The monoisotopic (exact) mass is 556 g/mol. The van der Waals surface area contributed by atoms with Gasteiger partial charge in [0.05, 0.1) is 18.4 Å². The van der Waals surface area contributed by atoms with Crippen LogP contribution in [0.2, 0.25) is 0 Å². The molecule has 1 heterocycles. The Morgan fingerprint density at radius 2 is 1.82 bits per heavy atom. The third-order valence-electron chi connectivity index (χ3n) is 6.23. The van der Waals surface area contributed by atoms with Crippen molar-refractivity contribution < 1.29 is 26.7 Å². The van der Waals surface area contributed by atoms with E-state index in [2.05, 4.69) is 20.8 Å². The van der Waals surface area contributed by atoms with E-state index in [0.717, 1.165) is 55.1 Å². The lowest BCUT2D eigenvalue weighted by Gasteiger charge is -2.32. The summed E-state index contributed by atoms with van der Waals surface area (Å²) in [6.07, 6.45) is 4.45. The van der Waals surface area contributed by atoms with E-state index in [9.17, 15) is 22.0 Å². The number of amides is 1. The third kappa shape index (κ3) is 6.55. The van der Waals surface area contributed by atoms with Gasteiger partial charge in [0.1, 0.15) is 17.4 Å². The SMILES string of the molecule is CS(=O)(=O)NC(=O)c1cc(C2CC2)c(OCC2CCN(Cc3ccc(Br)cc3F)CC2)cc1F. The molecule has 0 spiro atoms. The number of nitrogens with zero attached hydrogens (tertiary/aromatic N) is 1. The first-order valence-corrected chi connectivity index (χ1v) is 13.9. The van der Waals surface area contributed by atoms with Gasteiger partial charge in [-0.05, 0) is 74.4 Å².